The maximum absolute atomic E-state index is 6.43. The van der Waals surface area contributed by atoms with Crippen LogP contribution in [0.15, 0.2) is 72.8 Å². The van der Waals surface area contributed by atoms with Crippen LogP contribution in [0.4, 0.5) is 0 Å². The van der Waals surface area contributed by atoms with Crippen molar-refractivity contribution in [3.8, 4) is 11.3 Å². The van der Waals surface area contributed by atoms with Gasteiger partial charge >= 0.3 is 7.12 Å². The molecule has 4 aromatic carbocycles. The highest BCUT2D eigenvalue weighted by atomic mass is 16.7. The highest BCUT2D eigenvalue weighted by molar-refractivity contribution is 6.62. The molecule has 0 unspecified atom stereocenters. The Morgan fingerprint density at radius 3 is 2.14 bits per heavy atom. The Morgan fingerprint density at radius 2 is 1.38 bits per heavy atom. The number of nitrogens with zero attached hydrogens (tertiary/aromatic N) is 1. The number of benzene rings is 4. The number of hydrogen-bond acceptors (Lipinski definition) is 2. The summed E-state index contributed by atoms with van der Waals surface area (Å²) in [7, 11) is -0.364. The second kappa shape index (κ2) is 6.56. The second-order valence-corrected chi connectivity index (χ2v) is 12.5. The van der Waals surface area contributed by atoms with Crippen molar-refractivity contribution < 1.29 is 9.31 Å². The molecule has 37 heavy (non-hydrogen) atoms. The Hall–Kier alpha value is -3.34. The summed E-state index contributed by atoms with van der Waals surface area (Å²) in [4.78, 5) is 0. The molecule has 0 N–H and O–H groups in total. The van der Waals surface area contributed by atoms with Crippen LogP contribution in [-0.2, 0) is 14.7 Å². The molecule has 2 aliphatic rings. The number of para-hydroxylation sites is 1. The van der Waals surface area contributed by atoms with Crippen molar-refractivity contribution in [3.05, 3.63) is 83.9 Å². The molecule has 1 saturated heterocycles. The van der Waals surface area contributed by atoms with Gasteiger partial charge in [0.2, 0.25) is 0 Å². The topological polar surface area (TPSA) is 22.9 Å². The minimum Gasteiger partial charge on any atom is -0.399 e. The standard InChI is InChI=1S/C33H30BNO2/c1-31(2)25-18-20(34-36-32(3,4)33(5,6)37-34)15-16-22(25)30-28(31)24-17-19-11-7-8-12-21(19)27-23-13-9-10-14-26(23)35(30)29(24)27/h7-18H,1-6H3. The van der Waals surface area contributed by atoms with Crippen LogP contribution in [0.5, 0.6) is 0 Å². The molecule has 6 aromatic rings. The van der Waals surface area contributed by atoms with Crippen molar-refractivity contribution in [1.82, 2.24) is 4.40 Å². The van der Waals surface area contributed by atoms with Gasteiger partial charge in [-0.15, -0.1) is 0 Å². The fourth-order valence-electron chi connectivity index (χ4n) is 6.94. The average Bonchev–Trinajstić information content (AvgIpc) is 3.51. The molecule has 0 radical (unpaired) electrons. The van der Waals surface area contributed by atoms with Gasteiger partial charge in [-0.3, -0.25) is 0 Å². The molecular weight excluding hydrogens is 453 g/mol. The van der Waals surface area contributed by atoms with Crippen LogP contribution in [0.1, 0.15) is 52.7 Å². The molecule has 1 aliphatic heterocycles. The summed E-state index contributed by atoms with van der Waals surface area (Å²) in [6, 6.07) is 26.9. The predicted octanol–water partition coefficient (Wildman–Crippen LogP) is 7.44. The molecule has 1 fully saturated rings. The third-order valence-electron chi connectivity index (χ3n) is 9.51. The first-order valence-corrected chi connectivity index (χ1v) is 13.3. The number of aromatic nitrogens is 1. The van der Waals surface area contributed by atoms with Gasteiger partial charge in [-0.2, -0.15) is 0 Å². The van der Waals surface area contributed by atoms with Gasteiger partial charge in [0.1, 0.15) is 0 Å². The van der Waals surface area contributed by atoms with Gasteiger partial charge in [0.25, 0.3) is 0 Å². The fourth-order valence-corrected chi connectivity index (χ4v) is 6.94. The van der Waals surface area contributed by atoms with Gasteiger partial charge in [-0.25, -0.2) is 0 Å². The third kappa shape index (κ3) is 2.51. The van der Waals surface area contributed by atoms with E-state index in [1.54, 1.807) is 0 Å². The SMILES string of the molecule is CC1(C)c2cc(B3OC(C)(C)C(C)(C)O3)ccc2-c2c1c1cc3ccccc3c3c4ccccc4n2c13. The van der Waals surface area contributed by atoms with Crippen LogP contribution in [0.2, 0.25) is 0 Å². The van der Waals surface area contributed by atoms with Gasteiger partial charge in [0, 0.05) is 27.1 Å². The van der Waals surface area contributed by atoms with Crippen molar-refractivity contribution in [2.24, 2.45) is 0 Å². The minimum absolute atomic E-state index is 0.153. The lowest BCUT2D eigenvalue weighted by molar-refractivity contribution is 0.00578. The Labute approximate surface area is 217 Å². The van der Waals surface area contributed by atoms with E-state index in [9.17, 15) is 0 Å². The van der Waals surface area contributed by atoms with E-state index in [4.69, 9.17) is 9.31 Å². The quantitative estimate of drug-likeness (QED) is 0.227. The fraction of sp³-hybridized carbons (Fsp3) is 0.273. The zero-order valence-corrected chi connectivity index (χ0v) is 22.3. The van der Waals surface area contributed by atoms with Crippen molar-refractivity contribution in [2.45, 2.75) is 58.2 Å². The van der Waals surface area contributed by atoms with Crippen LogP contribution < -0.4 is 5.46 Å². The molecule has 8 rings (SSSR count). The molecule has 2 aromatic heterocycles. The van der Waals surface area contributed by atoms with Crippen LogP contribution in [-0.4, -0.2) is 22.7 Å². The van der Waals surface area contributed by atoms with E-state index in [0.717, 1.165) is 5.46 Å². The largest absolute Gasteiger partial charge is 0.494 e. The first-order valence-electron chi connectivity index (χ1n) is 13.3. The summed E-state index contributed by atoms with van der Waals surface area (Å²) in [6.45, 7) is 13.2. The summed E-state index contributed by atoms with van der Waals surface area (Å²) >= 11 is 0. The molecule has 0 bridgehead atoms. The monoisotopic (exact) mass is 483 g/mol. The average molecular weight is 483 g/mol. The van der Waals surface area contributed by atoms with Crippen molar-refractivity contribution in [1.29, 1.82) is 0 Å². The van der Waals surface area contributed by atoms with Crippen LogP contribution in [0.25, 0.3) is 49.2 Å². The van der Waals surface area contributed by atoms with E-state index in [2.05, 4.69) is 119 Å². The number of hydrogen-bond donors (Lipinski definition) is 0. The Bertz CT molecular complexity index is 1910. The van der Waals surface area contributed by atoms with Crippen LogP contribution in [0.3, 0.4) is 0 Å². The summed E-state index contributed by atoms with van der Waals surface area (Å²) in [5.41, 5.74) is 8.24. The summed E-state index contributed by atoms with van der Waals surface area (Å²) in [5.74, 6) is 0. The molecular formula is C33H30BNO2. The Balaban J connectivity index is 1.45. The van der Waals surface area contributed by atoms with E-state index < -0.39 is 0 Å². The molecule has 0 amide bonds. The zero-order chi connectivity index (χ0) is 25.5. The van der Waals surface area contributed by atoms with Gasteiger partial charge < -0.3 is 13.7 Å². The summed E-state index contributed by atoms with van der Waals surface area (Å²) < 4.78 is 15.4. The number of fused-ring (bicyclic) bond motifs is 10. The van der Waals surface area contributed by atoms with Crippen LogP contribution >= 0.6 is 0 Å². The van der Waals surface area contributed by atoms with Crippen LogP contribution in [0, 0.1) is 0 Å². The minimum atomic E-state index is -0.364. The van der Waals surface area contributed by atoms with E-state index in [1.165, 1.54) is 60.3 Å². The maximum Gasteiger partial charge on any atom is 0.494 e. The van der Waals surface area contributed by atoms with Gasteiger partial charge in [-0.05, 0) is 67.2 Å². The Morgan fingerprint density at radius 1 is 0.703 bits per heavy atom. The van der Waals surface area contributed by atoms with Crippen molar-refractivity contribution in [2.75, 3.05) is 0 Å². The third-order valence-corrected chi connectivity index (χ3v) is 9.51. The van der Waals surface area contributed by atoms with Crippen molar-refractivity contribution in [3.63, 3.8) is 0 Å². The number of rotatable bonds is 1. The lowest BCUT2D eigenvalue weighted by Crippen LogP contribution is -2.41. The van der Waals surface area contributed by atoms with E-state index >= 15 is 0 Å². The summed E-state index contributed by atoms with van der Waals surface area (Å²) in [5, 5.41) is 6.67. The molecule has 0 spiro atoms. The highest BCUT2D eigenvalue weighted by Gasteiger charge is 2.52. The Kier molecular flexibility index (Phi) is 3.85. The van der Waals surface area contributed by atoms with E-state index in [0.29, 0.717) is 0 Å². The van der Waals surface area contributed by atoms with Crippen molar-refractivity contribution >= 4 is 50.5 Å². The van der Waals surface area contributed by atoms with Gasteiger partial charge in [0.15, 0.2) is 0 Å². The van der Waals surface area contributed by atoms with Gasteiger partial charge in [-0.1, -0.05) is 74.5 Å². The molecule has 0 atom stereocenters. The molecule has 1 aliphatic carbocycles. The highest BCUT2D eigenvalue weighted by Crippen LogP contribution is 2.55. The zero-order valence-electron chi connectivity index (χ0n) is 22.3. The smallest absolute Gasteiger partial charge is 0.399 e. The van der Waals surface area contributed by atoms with Gasteiger partial charge in [0.05, 0.1) is 27.9 Å². The van der Waals surface area contributed by atoms with E-state index in [1.807, 2.05) is 0 Å². The first-order chi connectivity index (χ1) is 17.6. The first kappa shape index (κ1) is 21.7. The maximum atomic E-state index is 6.43. The molecule has 0 saturated carbocycles. The normalized spacial score (nSPS) is 19.5. The molecule has 3 nitrogen and oxygen atoms in total. The molecule has 182 valence electrons. The predicted molar refractivity (Wildman–Crippen MR) is 154 cm³/mol. The lowest BCUT2D eigenvalue weighted by Gasteiger charge is -2.32. The summed E-state index contributed by atoms with van der Waals surface area (Å²) in [6.07, 6.45) is 0. The molecule has 4 heteroatoms. The molecule has 3 heterocycles. The second-order valence-electron chi connectivity index (χ2n) is 12.5. The lowest BCUT2D eigenvalue weighted by atomic mass is 9.74. The van der Waals surface area contributed by atoms with E-state index in [-0.39, 0.29) is 23.7 Å².